The Morgan fingerprint density at radius 3 is 2.52 bits per heavy atom. The van der Waals surface area contributed by atoms with Gasteiger partial charge in [-0.3, -0.25) is 4.79 Å². The van der Waals surface area contributed by atoms with Gasteiger partial charge in [0.1, 0.15) is 11.6 Å². The SMILES string of the molecule is NC(=O)c1ccc2[nH]c(-c3ccc(OCCC4CCN(c5ccccc5)CC4)cc3)nc2c1. The van der Waals surface area contributed by atoms with Crippen LogP contribution in [0.1, 0.15) is 29.6 Å². The first-order valence-electron chi connectivity index (χ1n) is 11.5. The van der Waals surface area contributed by atoms with E-state index in [9.17, 15) is 4.79 Å². The Hall–Kier alpha value is -3.80. The van der Waals surface area contributed by atoms with E-state index in [1.165, 1.54) is 18.5 Å². The molecule has 0 saturated carbocycles. The van der Waals surface area contributed by atoms with Crippen LogP contribution in [0, 0.1) is 5.92 Å². The summed E-state index contributed by atoms with van der Waals surface area (Å²) in [6, 6.07) is 23.9. The summed E-state index contributed by atoms with van der Waals surface area (Å²) in [5.41, 5.74) is 9.70. The maximum absolute atomic E-state index is 11.4. The van der Waals surface area contributed by atoms with Gasteiger partial charge in [0.15, 0.2) is 0 Å². The second-order valence-corrected chi connectivity index (χ2v) is 8.61. The molecule has 1 aliphatic rings. The van der Waals surface area contributed by atoms with E-state index >= 15 is 0 Å². The molecule has 1 saturated heterocycles. The van der Waals surface area contributed by atoms with Gasteiger partial charge in [0, 0.05) is 29.9 Å². The van der Waals surface area contributed by atoms with E-state index in [1.54, 1.807) is 12.1 Å². The molecule has 168 valence electrons. The van der Waals surface area contributed by atoms with Crippen LogP contribution >= 0.6 is 0 Å². The van der Waals surface area contributed by atoms with Crippen LogP contribution in [0.15, 0.2) is 72.8 Å². The van der Waals surface area contributed by atoms with Gasteiger partial charge in [0.2, 0.25) is 5.91 Å². The summed E-state index contributed by atoms with van der Waals surface area (Å²) in [5, 5.41) is 0. The molecule has 4 aromatic rings. The first-order valence-corrected chi connectivity index (χ1v) is 11.5. The number of hydrogen-bond acceptors (Lipinski definition) is 4. The fraction of sp³-hybridized carbons (Fsp3) is 0.259. The number of aromatic nitrogens is 2. The highest BCUT2D eigenvalue weighted by atomic mass is 16.5. The second-order valence-electron chi connectivity index (χ2n) is 8.61. The Balaban J connectivity index is 1.13. The van der Waals surface area contributed by atoms with Crippen molar-refractivity contribution in [3.8, 4) is 17.1 Å². The molecule has 0 atom stereocenters. The van der Waals surface area contributed by atoms with Gasteiger partial charge < -0.3 is 20.4 Å². The number of fused-ring (bicyclic) bond motifs is 1. The lowest BCUT2D eigenvalue weighted by molar-refractivity contribution is 0.100. The van der Waals surface area contributed by atoms with E-state index in [0.717, 1.165) is 54.3 Å². The van der Waals surface area contributed by atoms with Crippen LogP contribution in [-0.2, 0) is 0 Å². The molecule has 3 aromatic carbocycles. The number of hydrogen-bond donors (Lipinski definition) is 2. The number of H-pyrrole nitrogens is 1. The van der Waals surface area contributed by atoms with Crippen LogP contribution < -0.4 is 15.4 Å². The largest absolute Gasteiger partial charge is 0.494 e. The number of benzene rings is 3. The number of nitrogens with zero attached hydrogens (tertiary/aromatic N) is 2. The molecule has 2 heterocycles. The summed E-state index contributed by atoms with van der Waals surface area (Å²) in [4.78, 5) is 21.8. The van der Waals surface area contributed by atoms with E-state index in [1.807, 2.05) is 30.3 Å². The lowest BCUT2D eigenvalue weighted by Gasteiger charge is -2.33. The fourth-order valence-electron chi connectivity index (χ4n) is 4.47. The number of nitrogens with one attached hydrogen (secondary N) is 1. The fourth-order valence-corrected chi connectivity index (χ4v) is 4.47. The van der Waals surface area contributed by atoms with Gasteiger partial charge in [-0.1, -0.05) is 18.2 Å². The van der Waals surface area contributed by atoms with Gasteiger partial charge in [0.25, 0.3) is 0 Å². The third-order valence-corrected chi connectivity index (χ3v) is 6.43. The average Bonchev–Trinajstić information content (AvgIpc) is 3.29. The van der Waals surface area contributed by atoms with Gasteiger partial charge in [0.05, 0.1) is 17.6 Å². The summed E-state index contributed by atoms with van der Waals surface area (Å²) in [6.07, 6.45) is 3.50. The van der Waals surface area contributed by atoms with E-state index in [2.05, 4.69) is 45.2 Å². The molecule has 0 spiro atoms. The molecule has 6 nitrogen and oxygen atoms in total. The van der Waals surface area contributed by atoms with Gasteiger partial charge >= 0.3 is 0 Å². The van der Waals surface area contributed by atoms with Gasteiger partial charge in [-0.05, 0) is 79.8 Å². The Morgan fingerprint density at radius 2 is 1.79 bits per heavy atom. The molecule has 0 bridgehead atoms. The number of rotatable bonds is 7. The number of carbonyl (C=O) groups is 1. The number of imidazole rings is 1. The predicted octanol–water partition coefficient (Wildman–Crippen LogP) is 5.01. The molecule has 1 aromatic heterocycles. The van der Waals surface area contributed by atoms with Crippen molar-refractivity contribution in [1.29, 1.82) is 0 Å². The van der Waals surface area contributed by atoms with E-state index < -0.39 is 5.91 Å². The quantitative estimate of drug-likeness (QED) is 0.423. The third kappa shape index (κ3) is 4.85. The summed E-state index contributed by atoms with van der Waals surface area (Å²) < 4.78 is 6.02. The van der Waals surface area contributed by atoms with Crippen molar-refractivity contribution in [2.45, 2.75) is 19.3 Å². The number of anilines is 1. The molecule has 0 unspecified atom stereocenters. The lowest BCUT2D eigenvalue weighted by atomic mass is 9.93. The Bertz CT molecular complexity index is 1230. The molecule has 0 radical (unpaired) electrons. The molecule has 6 heteroatoms. The van der Waals surface area contributed by atoms with Crippen molar-refractivity contribution in [2.24, 2.45) is 11.7 Å². The minimum absolute atomic E-state index is 0.454. The number of para-hydroxylation sites is 1. The summed E-state index contributed by atoms with van der Waals surface area (Å²) in [5.74, 6) is 1.88. The third-order valence-electron chi connectivity index (χ3n) is 6.43. The zero-order chi connectivity index (χ0) is 22.6. The maximum atomic E-state index is 11.4. The smallest absolute Gasteiger partial charge is 0.248 e. The van der Waals surface area contributed by atoms with E-state index in [4.69, 9.17) is 10.5 Å². The molecule has 0 aliphatic carbocycles. The second kappa shape index (κ2) is 9.36. The van der Waals surface area contributed by atoms with Crippen molar-refractivity contribution in [3.05, 3.63) is 78.4 Å². The number of ether oxygens (including phenoxy) is 1. The zero-order valence-electron chi connectivity index (χ0n) is 18.5. The molecule has 3 N–H and O–H groups in total. The molecular weight excluding hydrogens is 412 g/mol. The zero-order valence-corrected chi connectivity index (χ0v) is 18.5. The minimum atomic E-state index is -0.454. The highest BCUT2D eigenvalue weighted by Crippen LogP contribution is 2.26. The number of aromatic amines is 1. The highest BCUT2D eigenvalue weighted by Gasteiger charge is 2.19. The molecule has 1 amide bonds. The van der Waals surface area contributed by atoms with Gasteiger partial charge in [-0.25, -0.2) is 4.98 Å². The minimum Gasteiger partial charge on any atom is -0.494 e. The van der Waals surface area contributed by atoms with Gasteiger partial charge in [-0.15, -0.1) is 0 Å². The Morgan fingerprint density at radius 1 is 1.03 bits per heavy atom. The molecule has 5 rings (SSSR count). The van der Waals surface area contributed by atoms with Gasteiger partial charge in [-0.2, -0.15) is 0 Å². The van der Waals surface area contributed by atoms with E-state index in [-0.39, 0.29) is 0 Å². The normalized spacial score (nSPS) is 14.5. The van der Waals surface area contributed by atoms with Crippen LogP contribution in [0.4, 0.5) is 5.69 Å². The Kier molecular flexibility index (Phi) is 5.98. The van der Waals surface area contributed by atoms with Crippen molar-refractivity contribution in [3.63, 3.8) is 0 Å². The van der Waals surface area contributed by atoms with Crippen LogP contribution in [0.3, 0.4) is 0 Å². The summed E-state index contributed by atoms with van der Waals surface area (Å²) >= 11 is 0. The topological polar surface area (TPSA) is 84.2 Å². The highest BCUT2D eigenvalue weighted by molar-refractivity contribution is 5.96. The number of carbonyl (C=O) groups excluding carboxylic acids is 1. The van der Waals surface area contributed by atoms with E-state index in [0.29, 0.717) is 11.5 Å². The van der Waals surface area contributed by atoms with Crippen molar-refractivity contribution in [1.82, 2.24) is 9.97 Å². The molecule has 1 fully saturated rings. The number of piperidine rings is 1. The van der Waals surface area contributed by atoms with Crippen LogP contribution in [0.25, 0.3) is 22.4 Å². The standard InChI is InChI=1S/C27H28N4O2/c28-26(32)21-8-11-24-25(18-21)30-27(29-24)20-6-9-23(10-7-20)33-17-14-19-12-15-31(16-13-19)22-4-2-1-3-5-22/h1-11,18-19H,12-17H2,(H2,28,32)(H,29,30). The van der Waals surface area contributed by atoms with Crippen LogP contribution in [0.2, 0.25) is 0 Å². The summed E-state index contributed by atoms with van der Waals surface area (Å²) in [7, 11) is 0. The molecule has 1 aliphatic heterocycles. The predicted molar refractivity (Wildman–Crippen MR) is 132 cm³/mol. The first-order chi connectivity index (χ1) is 16.2. The van der Waals surface area contributed by atoms with Crippen molar-refractivity contribution in [2.75, 3.05) is 24.6 Å². The van der Waals surface area contributed by atoms with Crippen molar-refractivity contribution >= 4 is 22.6 Å². The van der Waals surface area contributed by atoms with Crippen LogP contribution in [0.5, 0.6) is 5.75 Å². The number of amides is 1. The van der Waals surface area contributed by atoms with Crippen molar-refractivity contribution < 1.29 is 9.53 Å². The number of primary amides is 1. The number of nitrogens with two attached hydrogens (primary N) is 1. The molecule has 33 heavy (non-hydrogen) atoms. The monoisotopic (exact) mass is 440 g/mol. The summed E-state index contributed by atoms with van der Waals surface area (Å²) in [6.45, 7) is 2.96. The first kappa shape index (κ1) is 21.1. The maximum Gasteiger partial charge on any atom is 0.248 e. The lowest BCUT2D eigenvalue weighted by Crippen LogP contribution is -2.34. The Labute approximate surface area is 193 Å². The average molecular weight is 441 g/mol. The molecular formula is C27H28N4O2. The van der Waals surface area contributed by atoms with Crippen LogP contribution in [-0.4, -0.2) is 35.6 Å².